The van der Waals surface area contributed by atoms with E-state index in [0.29, 0.717) is 22.3 Å². The van der Waals surface area contributed by atoms with Crippen LogP contribution in [0.15, 0.2) is 59.3 Å². The Balaban J connectivity index is 1.70. The van der Waals surface area contributed by atoms with Gasteiger partial charge in [0.05, 0.1) is 5.69 Å². The van der Waals surface area contributed by atoms with E-state index in [4.69, 9.17) is 27.7 Å². The molecule has 2 heterocycles. The Kier molecular flexibility index (Phi) is 5.11. The largest absolute Gasteiger partial charge is 0.361 e. The first-order chi connectivity index (χ1) is 13.5. The molecule has 0 aliphatic rings. The zero-order valence-electron chi connectivity index (χ0n) is 15.0. The van der Waals surface area contributed by atoms with Gasteiger partial charge in [-0.05, 0) is 36.2 Å². The maximum absolute atomic E-state index is 12.5. The van der Waals surface area contributed by atoms with Gasteiger partial charge in [0, 0.05) is 45.7 Å². The maximum Gasteiger partial charge on any atom is 0.289 e. The summed E-state index contributed by atoms with van der Waals surface area (Å²) in [6.45, 7) is 2.10. The highest BCUT2D eigenvalue weighted by Gasteiger charge is 2.22. The van der Waals surface area contributed by atoms with E-state index in [1.165, 1.54) is 0 Å². The van der Waals surface area contributed by atoms with Crippen molar-refractivity contribution in [3.05, 3.63) is 87.4 Å². The van der Waals surface area contributed by atoms with Gasteiger partial charge in [0.25, 0.3) is 5.91 Å². The molecule has 0 saturated carbocycles. The third kappa shape index (κ3) is 3.63. The minimum absolute atomic E-state index is 0.172. The Morgan fingerprint density at radius 3 is 2.75 bits per heavy atom. The first-order valence-electron chi connectivity index (χ1n) is 8.75. The summed E-state index contributed by atoms with van der Waals surface area (Å²) >= 11 is 12.6. The van der Waals surface area contributed by atoms with Crippen molar-refractivity contribution in [2.24, 2.45) is 0 Å². The number of aryl methyl sites for hydroxylation is 1. The zero-order valence-corrected chi connectivity index (χ0v) is 16.5. The topological polar surface area (TPSA) is 70.9 Å². The molecule has 0 aliphatic heterocycles. The van der Waals surface area contributed by atoms with Crippen LogP contribution in [-0.2, 0) is 0 Å². The fourth-order valence-corrected chi connectivity index (χ4v) is 3.85. The van der Waals surface area contributed by atoms with Crippen molar-refractivity contribution >= 4 is 40.0 Å². The van der Waals surface area contributed by atoms with Gasteiger partial charge in [-0.25, -0.2) is 0 Å². The molecule has 28 heavy (non-hydrogen) atoms. The summed E-state index contributed by atoms with van der Waals surface area (Å²) in [7, 11) is 0. The van der Waals surface area contributed by atoms with E-state index in [1.54, 1.807) is 25.1 Å². The summed E-state index contributed by atoms with van der Waals surface area (Å²) in [4.78, 5) is 15.7. The third-order valence-electron chi connectivity index (χ3n) is 4.65. The Morgan fingerprint density at radius 1 is 1.18 bits per heavy atom. The van der Waals surface area contributed by atoms with Gasteiger partial charge >= 0.3 is 0 Å². The highest BCUT2D eigenvalue weighted by Crippen LogP contribution is 2.35. The molecule has 4 rings (SSSR count). The van der Waals surface area contributed by atoms with Crippen molar-refractivity contribution in [1.82, 2.24) is 15.5 Å². The molecule has 1 unspecified atom stereocenters. The van der Waals surface area contributed by atoms with Crippen LogP contribution < -0.4 is 5.32 Å². The van der Waals surface area contributed by atoms with Gasteiger partial charge in [0.1, 0.15) is 0 Å². The smallest absolute Gasteiger partial charge is 0.289 e. The number of aromatic nitrogens is 2. The van der Waals surface area contributed by atoms with Crippen LogP contribution in [0.1, 0.15) is 33.3 Å². The number of carbonyl (C=O) groups excluding carboxylic acids is 1. The van der Waals surface area contributed by atoms with Crippen molar-refractivity contribution in [1.29, 1.82) is 0 Å². The fourth-order valence-electron chi connectivity index (χ4n) is 3.31. The quantitative estimate of drug-likeness (QED) is 0.464. The molecule has 0 bridgehead atoms. The molecule has 0 spiro atoms. The van der Waals surface area contributed by atoms with Crippen LogP contribution in [0.25, 0.3) is 10.9 Å². The van der Waals surface area contributed by atoms with Crippen molar-refractivity contribution in [3.63, 3.8) is 0 Å². The van der Waals surface area contributed by atoms with E-state index in [1.807, 2.05) is 36.5 Å². The van der Waals surface area contributed by atoms with E-state index in [-0.39, 0.29) is 17.6 Å². The number of rotatable bonds is 5. The Labute approximate surface area is 171 Å². The predicted molar refractivity (Wildman–Crippen MR) is 110 cm³/mol. The number of carbonyl (C=O) groups is 1. The number of benzene rings is 2. The number of hydrogen-bond acceptors (Lipinski definition) is 3. The van der Waals surface area contributed by atoms with Gasteiger partial charge in [-0.2, -0.15) is 0 Å². The maximum atomic E-state index is 12.5. The van der Waals surface area contributed by atoms with Crippen molar-refractivity contribution in [2.45, 2.75) is 12.8 Å². The molecule has 2 aromatic heterocycles. The van der Waals surface area contributed by atoms with Crippen molar-refractivity contribution in [3.8, 4) is 0 Å². The van der Waals surface area contributed by atoms with Gasteiger partial charge in [-0.15, -0.1) is 0 Å². The van der Waals surface area contributed by atoms with E-state index >= 15 is 0 Å². The number of nitrogens with one attached hydrogen (secondary N) is 2. The minimum atomic E-state index is -0.324. The number of hydrogen-bond donors (Lipinski definition) is 2. The number of halogens is 2. The monoisotopic (exact) mass is 413 g/mol. The van der Waals surface area contributed by atoms with E-state index in [0.717, 1.165) is 22.0 Å². The molecule has 5 nitrogen and oxygen atoms in total. The summed E-state index contributed by atoms with van der Waals surface area (Å²) < 4.78 is 5.05. The normalized spacial score (nSPS) is 12.2. The van der Waals surface area contributed by atoms with Crippen LogP contribution >= 0.6 is 23.2 Å². The lowest BCUT2D eigenvalue weighted by Gasteiger charge is -2.19. The van der Waals surface area contributed by atoms with Gasteiger partial charge in [0.2, 0.25) is 5.76 Å². The molecule has 2 N–H and O–H groups in total. The lowest BCUT2D eigenvalue weighted by atomic mass is 9.90. The summed E-state index contributed by atoms with van der Waals surface area (Å²) in [5.74, 6) is -0.318. The number of fused-ring (bicyclic) bond motifs is 1. The Morgan fingerprint density at radius 2 is 2.00 bits per heavy atom. The molecule has 1 amide bonds. The molecular weight excluding hydrogens is 397 g/mol. The summed E-state index contributed by atoms with van der Waals surface area (Å²) in [5.41, 5.74) is 3.59. The molecule has 0 radical (unpaired) electrons. The van der Waals surface area contributed by atoms with Gasteiger partial charge in [-0.3, -0.25) is 4.79 Å². The first kappa shape index (κ1) is 18.6. The standard InChI is InChI=1S/C21H17Cl2N3O2/c1-12-8-20(28-26-12)21(27)25-11-16(14-7-6-13(22)9-18(14)23)17-10-24-19-5-3-2-4-15(17)19/h2-10,16,24H,11H2,1H3,(H,25,27). The summed E-state index contributed by atoms with van der Waals surface area (Å²) in [6.07, 6.45) is 1.95. The fraction of sp³-hybridized carbons (Fsp3) is 0.143. The van der Waals surface area contributed by atoms with E-state index in [9.17, 15) is 4.79 Å². The first-order valence-corrected chi connectivity index (χ1v) is 9.51. The van der Waals surface area contributed by atoms with Crippen LogP contribution in [0.2, 0.25) is 10.0 Å². The zero-order chi connectivity index (χ0) is 19.7. The molecule has 0 aliphatic carbocycles. The highest BCUT2D eigenvalue weighted by molar-refractivity contribution is 6.35. The molecule has 4 aromatic rings. The average Bonchev–Trinajstić information content (AvgIpc) is 3.30. The Hall–Kier alpha value is -2.76. The number of nitrogens with zero attached hydrogens (tertiary/aromatic N) is 1. The summed E-state index contributed by atoms with van der Waals surface area (Å²) in [6, 6.07) is 15.0. The SMILES string of the molecule is Cc1cc(C(=O)NCC(c2ccc(Cl)cc2Cl)c2c[nH]c3ccccc23)on1. The van der Waals surface area contributed by atoms with Gasteiger partial charge < -0.3 is 14.8 Å². The molecule has 142 valence electrons. The minimum Gasteiger partial charge on any atom is -0.361 e. The predicted octanol–water partition coefficient (Wildman–Crippen LogP) is 5.33. The van der Waals surface area contributed by atoms with E-state index in [2.05, 4.69) is 15.5 Å². The molecule has 0 saturated heterocycles. The second-order valence-electron chi connectivity index (χ2n) is 6.55. The molecule has 0 fully saturated rings. The van der Waals surface area contributed by atoms with Gasteiger partial charge in [-0.1, -0.05) is 52.6 Å². The molecule has 2 aromatic carbocycles. The second-order valence-corrected chi connectivity index (χ2v) is 7.39. The van der Waals surface area contributed by atoms with Gasteiger partial charge in [0.15, 0.2) is 0 Å². The molecular formula is C21H17Cl2N3O2. The molecule has 1 atom stereocenters. The number of para-hydroxylation sites is 1. The van der Waals surface area contributed by atoms with Crippen LogP contribution in [-0.4, -0.2) is 22.6 Å². The number of aromatic amines is 1. The highest BCUT2D eigenvalue weighted by atomic mass is 35.5. The van der Waals surface area contributed by atoms with Crippen LogP contribution in [0.3, 0.4) is 0 Å². The van der Waals surface area contributed by atoms with Crippen LogP contribution in [0, 0.1) is 6.92 Å². The van der Waals surface area contributed by atoms with Crippen LogP contribution in [0.4, 0.5) is 0 Å². The number of amides is 1. The van der Waals surface area contributed by atoms with E-state index < -0.39 is 0 Å². The number of H-pyrrole nitrogens is 1. The third-order valence-corrected chi connectivity index (χ3v) is 5.22. The lowest BCUT2D eigenvalue weighted by Crippen LogP contribution is -2.28. The molecule has 7 heteroatoms. The lowest BCUT2D eigenvalue weighted by molar-refractivity contribution is 0.0915. The van der Waals surface area contributed by atoms with Crippen LogP contribution in [0.5, 0.6) is 0 Å². The average molecular weight is 414 g/mol. The van der Waals surface area contributed by atoms with Crippen molar-refractivity contribution < 1.29 is 9.32 Å². The Bertz CT molecular complexity index is 1150. The van der Waals surface area contributed by atoms with Crippen molar-refractivity contribution in [2.75, 3.05) is 6.54 Å². The second kappa shape index (κ2) is 7.70. The summed E-state index contributed by atoms with van der Waals surface area (Å²) in [5, 5.41) is 8.87.